The van der Waals surface area contributed by atoms with Crippen LogP contribution in [0.2, 0.25) is 0 Å². The minimum absolute atomic E-state index is 0.253. The van der Waals surface area contributed by atoms with E-state index in [0.29, 0.717) is 11.1 Å². The molecule has 0 N–H and O–H groups in total. The van der Waals surface area contributed by atoms with E-state index >= 15 is 0 Å². The Balaban J connectivity index is 1.86. The summed E-state index contributed by atoms with van der Waals surface area (Å²) in [7, 11) is 1.31. The number of carbonyl (C=O) groups is 3. The Hall–Kier alpha value is -3.21. The molecular weight excluding hydrogens is 332 g/mol. The largest absolute Gasteiger partial charge is 0.465 e. The number of benzene rings is 2. The van der Waals surface area contributed by atoms with Crippen molar-refractivity contribution in [1.82, 2.24) is 0 Å². The number of aryl methyl sites for hydroxylation is 1. The number of hydrogen-bond donors (Lipinski definition) is 0. The molecule has 0 aliphatic rings. The van der Waals surface area contributed by atoms with E-state index in [-0.39, 0.29) is 12.4 Å². The fourth-order valence-corrected chi connectivity index (χ4v) is 2.21. The van der Waals surface area contributed by atoms with Gasteiger partial charge in [-0.3, -0.25) is 4.79 Å². The van der Waals surface area contributed by atoms with Gasteiger partial charge in [-0.25, -0.2) is 9.59 Å². The zero-order chi connectivity index (χ0) is 18.9. The number of ether oxygens (including phenoxy) is 2. The van der Waals surface area contributed by atoms with Gasteiger partial charge in [0, 0.05) is 11.6 Å². The van der Waals surface area contributed by atoms with Crippen molar-refractivity contribution in [3.05, 3.63) is 76.9 Å². The van der Waals surface area contributed by atoms with Crippen LogP contribution in [0.3, 0.4) is 0 Å². The number of methoxy groups -OCH3 is 1. The van der Waals surface area contributed by atoms with Gasteiger partial charge >= 0.3 is 11.9 Å². The van der Waals surface area contributed by atoms with Crippen LogP contribution in [0.25, 0.3) is 6.08 Å². The van der Waals surface area contributed by atoms with Crippen molar-refractivity contribution in [2.45, 2.75) is 13.3 Å². The van der Waals surface area contributed by atoms with E-state index in [0.717, 1.165) is 17.5 Å². The fraction of sp³-hybridized carbons (Fsp3) is 0.190. The Kier molecular flexibility index (Phi) is 6.85. The first-order chi connectivity index (χ1) is 12.5. The molecule has 0 aliphatic heterocycles. The lowest BCUT2D eigenvalue weighted by Gasteiger charge is -2.03. The molecule has 0 bridgehead atoms. The first kappa shape index (κ1) is 19.1. The second-order valence-electron chi connectivity index (χ2n) is 5.53. The Labute approximate surface area is 152 Å². The maximum atomic E-state index is 12.0. The van der Waals surface area contributed by atoms with Gasteiger partial charge < -0.3 is 9.47 Å². The molecule has 134 valence electrons. The molecule has 5 nitrogen and oxygen atoms in total. The molecule has 0 atom stereocenters. The molecule has 2 aromatic carbocycles. The van der Waals surface area contributed by atoms with Crippen LogP contribution in [-0.2, 0) is 20.7 Å². The summed E-state index contributed by atoms with van der Waals surface area (Å²) in [5, 5.41) is 0. The Morgan fingerprint density at radius 2 is 1.54 bits per heavy atom. The van der Waals surface area contributed by atoms with Crippen LogP contribution in [0, 0.1) is 0 Å². The molecule has 0 saturated heterocycles. The predicted octanol–water partition coefficient (Wildman–Crippen LogP) is 3.47. The summed E-state index contributed by atoms with van der Waals surface area (Å²) < 4.78 is 9.58. The second-order valence-corrected chi connectivity index (χ2v) is 5.53. The van der Waals surface area contributed by atoms with Crippen LogP contribution in [0.1, 0.15) is 38.8 Å². The van der Waals surface area contributed by atoms with Gasteiger partial charge in [-0.15, -0.1) is 0 Å². The fourth-order valence-electron chi connectivity index (χ4n) is 2.21. The van der Waals surface area contributed by atoms with Crippen LogP contribution in [-0.4, -0.2) is 31.4 Å². The number of ketones is 1. The number of esters is 2. The highest BCUT2D eigenvalue weighted by Gasteiger charge is 2.08. The molecule has 2 aromatic rings. The van der Waals surface area contributed by atoms with E-state index in [4.69, 9.17) is 4.74 Å². The van der Waals surface area contributed by atoms with Crippen LogP contribution >= 0.6 is 0 Å². The molecule has 5 heteroatoms. The minimum Gasteiger partial charge on any atom is -0.465 e. The SMILES string of the molecule is CCc1ccc(C(=O)COC(=O)/C=C/c2ccc(C(=O)OC)cc2)cc1. The topological polar surface area (TPSA) is 69.7 Å². The van der Waals surface area contributed by atoms with Gasteiger partial charge in [0.05, 0.1) is 12.7 Å². The number of carbonyl (C=O) groups excluding carboxylic acids is 3. The van der Waals surface area contributed by atoms with Gasteiger partial charge in [0.25, 0.3) is 0 Å². The highest BCUT2D eigenvalue weighted by molar-refractivity contribution is 5.99. The van der Waals surface area contributed by atoms with Crippen LogP contribution in [0.15, 0.2) is 54.6 Å². The summed E-state index contributed by atoms with van der Waals surface area (Å²) in [5.41, 5.74) is 2.79. The van der Waals surface area contributed by atoms with Gasteiger partial charge in [-0.2, -0.15) is 0 Å². The van der Waals surface area contributed by atoms with E-state index in [1.165, 1.54) is 13.2 Å². The van der Waals surface area contributed by atoms with E-state index in [1.807, 2.05) is 19.1 Å². The number of hydrogen-bond acceptors (Lipinski definition) is 5. The second kappa shape index (κ2) is 9.32. The predicted molar refractivity (Wildman–Crippen MR) is 97.9 cm³/mol. The summed E-state index contributed by atoms with van der Waals surface area (Å²) in [6, 6.07) is 13.8. The van der Waals surface area contributed by atoms with Crippen molar-refractivity contribution in [2.75, 3.05) is 13.7 Å². The highest BCUT2D eigenvalue weighted by Crippen LogP contribution is 2.08. The van der Waals surface area contributed by atoms with Crippen molar-refractivity contribution in [3.63, 3.8) is 0 Å². The van der Waals surface area contributed by atoms with Crippen molar-refractivity contribution in [3.8, 4) is 0 Å². The third-order valence-corrected chi connectivity index (χ3v) is 3.77. The van der Waals surface area contributed by atoms with Crippen LogP contribution < -0.4 is 0 Å². The number of Topliss-reactive ketones (excluding diaryl/α,β-unsaturated/α-hetero) is 1. The number of rotatable bonds is 7. The standard InChI is InChI=1S/C21H20O5/c1-3-15-4-9-17(10-5-15)19(22)14-26-20(23)13-8-16-6-11-18(12-7-16)21(24)25-2/h4-13H,3,14H2,1-2H3/b13-8+. The van der Waals surface area contributed by atoms with Gasteiger partial charge in [-0.05, 0) is 35.8 Å². The monoisotopic (exact) mass is 352 g/mol. The normalized spacial score (nSPS) is 10.5. The first-order valence-corrected chi connectivity index (χ1v) is 8.19. The molecule has 2 rings (SSSR count). The van der Waals surface area contributed by atoms with E-state index in [2.05, 4.69) is 4.74 Å². The van der Waals surface area contributed by atoms with Crippen molar-refractivity contribution in [1.29, 1.82) is 0 Å². The molecule has 0 aromatic heterocycles. The van der Waals surface area contributed by atoms with Gasteiger partial charge in [0.15, 0.2) is 12.4 Å². The van der Waals surface area contributed by atoms with Crippen LogP contribution in [0.4, 0.5) is 0 Å². The van der Waals surface area contributed by atoms with Gasteiger partial charge in [0.1, 0.15) is 0 Å². The molecule has 0 saturated carbocycles. The van der Waals surface area contributed by atoms with Gasteiger partial charge in [0.2, 0.25) is 0 Å². The molecule has 0 radical (unpaired) electrons. The van der Waals surface area contributed by atoms with Crippen molar-refractivity contribution < 1.29 is 23.9 Å². The molecule has 0 amide bonds. The lowest BCUT2D eigenvalue weighted by Crippen LogP contribution is -2.12. The molecular formula is C21H20O5. The third-order valence-electron chi connectivity index (χ3n) is 3.77. The molecule has 0 fully saturated rings. The molecule has 0 unspecified atom stereocenters. The van der Waals surface area contributed by atoms with E-state index in [9.17, 15) is 14.4 Å². The first-order valence-electron chi connectivity index (χ1n) is 8.19. The van der Waals surface area contributed by atoms with Crippen LogP contribution in [0.5, 0.6) is 0 Å². The lowest BCUT2D eigenvalue weighted by atomic mass is 10.1. The average Bonchev–Trinajstić information content (AvgIpc) is 2.70. The third kappa shape index (κ3) is 5.41. The molecule has 26 heavy (non-hydrogen) atoms. The summed E-state index contributed by atoms with van der Waals surface area (Å²) in [6.07, 6.45) is 3.68. The summed E-state index contributed by atoms with van der Waals surface area (Å²) >= 11 is 0. The van der Waals surface area contributed by atoms with Crippen molar-refractivity contribution in [2.24, 2.45) is 0 Å². The smallest absolute Gasteiger partial charge is 0.337 e. The summed E-state index contributed by atoms with van der Waals surface area (Å²) in [6.45, 7) is 1.73. The quantitative estimate of drug-likeness (QED) is 0.433. The molecule has 0 heterocycles. The molecule has 0 spiro atoms. The van der Waals surface area contributed by atoms with Gasteiger partial charge in [-0.1, -0.05) is 43.3 Å². The van der Waals surface area contributed by atoms with Crippen molar-refractivity contribution >= 4 is 23.8 Å². The average molecular weight is 352 g/mol. The van der Waals surface area contributed by atoms with E-state index < -0.39 is 11.9 Å². The highest BCUT2D eigenvalue weighted by atomic mass is 16.5. The lowest BCUT2D eigenvalue weighted by molar-refractivity contribution is -0.136. The summed E-state index contributed by atoms with van der Waals surface area (Å²) in [4.78, 5) is 35.1. The summed E-state index contributed by atoms with van der Waals surface area (Å²) in [5.74, 6) is -1.29. The zero-order valence-corrected chi connectivity index (χ0v) is 14.7. The maximum absolute atomic E-state index is 12.0. The Morgan fingerprint density at radius 3 is 2.12 bits per heavy atom. The zero-order valence-electron chi connectivity index (χ0n) is 14.7. The Bertz CT molecular complexity index is 801. The maximum Gasteiger partial charge on any atom is 0.337 e. The Morgan fingerprint density at radius 1 is 0.923 bits per heavy atom. The molecule has 0 aliphatic carbocycles. The van der Waals surface area contributed by atoms with E-state index in [1.54, 1.807) is 42.5 Å². The minimum atomic E-state index is -0.611.